The normalized spacial score (nSPS) is 18.8. The third-order valence-electron chi connectivity index (χ3n) is 3.92. The molecule has 0 aromatic heterocycles. The van der Waals surface area contributed by atoms with Gasteiger partial charge in [-0.3, -0.25) is 0 Å². The number of carbonyl (C=O) groups is 1. The fourth-order valence-corrected chi connectivity index (χ4v) is 2.56. The second-order valence-electron chi connectivity index (χ2n) is 5.15. The van der Waals surface area contributed by atoms with E-state index in [1.54, 1.807) is 0 Å². The standard InChI is InChI=1S/C14H18O3/c1-8-6-10(3)11(7-9(8)2)14(4-5-14)12(15)13(16)17/h6-7,12,15H,4-5H2,1-3H3,(H,16,17). The molecule has 1 unspecified atom stereocenters. The van der Waals surface area contributed by atoms with Gasteiger partial charge in [0.25, 0.3) is 0 Å². The van der Waals surface area contributed by atoms with Crippen molar-refractivity contribution in [3.63, 3.8) is 0 Å². The first-order valence-electron chi connectivity index (χ1n) is 5.88. The molecule has 0 aliphatic heterocycles. The van der Waals surface area contributed by atoms with Crippen molar-refractivity contribution < 1.29 is 15.0 Å². The third-order valence-corrected chi connectivity index (χ3v) is 3.92. The van der Waals surface area contributed by atoms with Gasteiger partial charge in [0.1, 0.15) is 0 Å². The van der Waals surface area contributed by atoms with Gasteiger partial charge in [0.05, 0.1) is 0 Å². The van der Waals surface area contributed by atoms with Crippen LogP contribution in [0.1, 0.15) is 35.1 Å². The van der Waals surface area contributed by atoms with Crippen molar-refractivity contribution in [1.29, 1.82) is 0 Å². The van der Waals surface area contributed by atoms with Crippen LogP contribution in [-0.4, -0.2) is 22.3 Å². The lowest BCUT2D eigenvalue weighted by molar-refractivity contribution is -0.148. The molecular weight excluding hydrogens is 216 g/mol. The Hall–Kier alpha value is -1.35. The predicted molar refractivity (Wildman–Crippen MR) is 65.2 cm³/mol. The van der Waals surface area contributed by atoms with Crippen LogP contribution in [0.2, 0.25) is 0 Å². The number of carboxylic acid groups (broad SMARTS) is 1. The number of rotatable bonds is 3. The molecule has 2 N–H and O–H groups in total. The van der Waals surface area contributed by atoms with E-state index >= 15 is 0 Å². The Labute approximate surface area is 101 Å². The summed E-state index contributed by atoms with van der Waals surface area (Å²) in [6.45, 7) is 6.04. The topological polar surface area (TPSA) is 57.5 Å². The van der Waals surface area contributed by atoms with Crippen molar-refractivity contribution in [2.45, 2.75) is 45.1 Å². The molecule has 0 saturated heterocycles. The van der Waals surface area contributed by atoms with Gasteiger partial charge in [-0.2, -0.15) is 0 Å². The molecule has 92 valence electrons. The zero-order valence-corrected chi connectivity index (χ0v) is 10.4. The van der Waals surface area contributed by atoms with E-state index in [-0.39, 0.29) is 0 Å². The fourth-order valence-electron chi connectivity index (χ4n) is 2.56. The van der Waals surface area contributed by atoms with Gasteiger partial charge in [0, 0.05) is 5.41 Å². The van der Waals surface area contributed by atoms with Gasteiger partial charge in [-0.05, 0) is 55.9 Å². The molecule has 2 rings (SSSR count). The number of aliphatic carboxylic acids is 1. The zero-order chi connectivity index (χ0) is 12.8. The maximum Gasteiger partial charge on any atom is 0.333 e. The summed E-state index contributed by atoms with van der Waals surface area (Å²) in [5.74, 6) is -1.12. The molecule has 1 aromatic carbocycles. The number of hydrogen-bond donors (Lipinski definition) is 2. The van der Waals surface area contributed by atoms with Crippen LogP contribution in [0.5, 0.6) is 0 Å². The van der Waals surface area contributed by atoms with E-state index in [0.29, 0.717) is 0 Å². The first kappa shape index (κ1) is 12.1. The van der Waals surface area contributed by atoms with Crippen molar-refractivity contribution in [2.75, 3.05) is 0 Å². The molecule has 3 nitrogen and oxygen atoms in total. The van der Waals surface area contributed by atoms with Crippen molar-refractivity contribution >= 4 is 5.97 Å². The molecule has 0 radical (unpaired) electrons. The smallest absolute Gasteiger partial charge is 0.333 e. The van der Waals surface area contributed by atoms with Crippen molar-refractivity contribution in [1.82, 2.24) is 0 Å². The molecule has 17 heavy (non-hydrogen) atoms. The number of aliphatic hydroxyl groups excluding tert-OH is 1. The second kappa shape index (κ2) is 3.84. The molecule has 0 heterocycles. The van der Waals surface area contributed by atoms with E-state index in [4.69, 9.17) is 5.11 Å². The zero-order valence-electron chi connectivity index (χ0n) is 10.4. The van der Waals surface area contributed by atoms with E-state index in [1.807, 2.05) is 26.8 Å². The van der Waals surface area contributed by atoms with Gasteiger partial charge in [-0.25, -0.2) is 4.79 Å². The lowest BCUT2D eigenvalue weighted by Gasteiger charge is -2.22. The Morgan fingerprint density at radius 2 is 1.71 bits per heavy atom. The molecule has 1 aromatic rings. The molecule has 1 aliphatic rings. The maximum atomic E-state index is 11.0. The highest BCUT2D eigenvalue weighted by Crippen LogP contribution is 2.52. The largest absolute Gasteiger partial charge is 0.479 e. The average molecular weight is 234 g/mol. The van der Waals surface area contributed by atoms with E-state index in [0.717, 1.165) is 29.5 Å². The number of aliphatic hydroxyl groups is 1. The summed E-state index contributed by atoms with van der Waals surface area (Å²) >= 11 is 0. The minimum absolute atomic E-state index is 0.547. The Balaban J connectivity index is 2.47. The molecule has 0 spiro atoms. The van der Waals surface area contributed by atoms with Gasteiger partial charge < -0.3 is 10.2 Å². The van der Waals surface area contributed by atoms with Crippen LogP contribution in [0.15, 0.2) is 12.1 Å². The number of carboxylic acids is 1. The van der Waals surface area contributed by atoms with Crippen LogP contribution >= 0.6 is 0 Å². The van der Waals surface area contributed by atoms with E-state index in [1.165, 1.54) is 5.56 Å². The lowest BCUT2D eigenvalue weighted by atomic mass is 9.85. The SMILES string of the molecule is Cc1cc(C)c(C2(C(O)C(=O)O)CC2)cc1C. The first-order valence-corrected chi connectivity index (χ1v) is 5.88. The van der Waals surface area contributed by atoms with Crippen LogP contribution in [0.3, 0.4) is 0 Å². The van der Waals surface area contributed by atoms with Crippen LogP contribution in [0, 0.1) is 20.8 Å². The summed E-state index contributed by atoms with van der Waals surface area (Å²) in [4.78, 5) is 11.0. The fraction of sp³-hybridized carbons (Fsp3) is 0.500. The van der Waals surface area contributed by atoms with Crippen LogP contribution in [-0.2, 0) is 10.2 Å². The molecule has 1 fully saturated rings. The quantitative estimate of drug-likeness (QED) is 0.842. The van der Waals surface area contributed by atoms with E-state index in [2.05, 4.69) is 6.07 Å². The summed E-state index contributed by atoms with van der Waals surface area (Å²) in [5.41, 5.74) is 3.87. The lowest BCUT2D eigenvalue weighted by Crippen LogP contribution is -2.34. The van der Waals surface area contributed by atoms with Crippen LogP contribution < -0.4 is 0 Å². The van der Waals surface area contributed by atoms with Gasteiger partial charge in [0.2, 0.25) is 0 Å². The van der Waals surface area contributed by atoms with Crippen molar-refractivity contribution in [3.8, 4) is 0 Å². The Bertz CT molecular complexity index is 473. The molecule has 3 heteroatoms. The Morgan fingerprint density at radius 3 is 2.18 bits per heavy atom. The highest BCUT2D eigenvalue weighted by atomic mass is 16.4. The molecule has 0 amide bonds. The third kappa shape index (κ3) is 1.84. The van der Waals surface area contributed by atoms with Gasteiger partial charge in [-0.1, -0.05) is 12.1 Å². The molecule has 1 aliphatic carbocycles. The Kier molecular flexibility index (Phi) is 2.74. The predicted octanol–water partition coefficient (Wildman–Crippen LogP) is 2.09. The van der Waals surface area contributed by atoms with Crippen molar-refractivity contribution in [2.24, 2.45) is 0 Å². The van der Waals surface area contributed by atoms with Gasteiger partial charge in [-0.15, -0.1) is 0 Å². The van der Waals surface area contributed by atoms with E-state index in [9.17, 15) is 9.90 Å². The minimum atomic E-state index is -1.29. The Morgan fingerprint density at radius 1 is 1.18 bits per heavy atom. The monoisotopic (exact) mass is 234 g/mol. The maximum absolute atomic E-state index is 11.0. The molecule has 0 bridgehead atoms. The summed E-state index contributed by atoms with van der Waals surface area (Å²) in [7, 11) is 0. The average Bonchev–Trinajstić information content (AvgIpc) is 3.03. The highest BCUT2D eigenvalue weighted by Gasteiger charge is 2.54. The molecule has 1 atom stereocenters. The number of hydrogen-bond acceptors (Lipinski definition) is 2. The van der Waals surface area contributed by atoms with Crippen LogP contribution in [0.25, 0.3) is 0 Å². The number of benzene rings is 1. The summed E-state index contributed by atoms with van der Waals surface area (Å²) in [6.07, 6.45) is 0.219. The van der Waals surface area contributed by atoms with E-state index < -0.39 is 17.5 Å². The number of aryl methyl sites for hydroxylation is 3. The van der Waals surface area contributed by atoms with Crippen molar-refractivity contribution in [3.05, 3.63) is 34.4 Å². The van der Waals surface area contributed by atoms with Crippen LogP contribution in [0.4, 0.5) is 0 Å². The highest BCUT2D eigenvalue weighted by molar-refractivity contribution is 5.76. The molecule has 1 saturated carbocycles. The second-order valence-corrected chi connectivity index (χ2v) is 5.15. The summed E-state index contributed by atoms with van der Waals surface area (Å²) < 4.78 is 0. The van der Waals surface area contributed by atoms with Gasteiger partial charge in [0.15, 0.2) is 6.10 Å². The van der Waals surface area contributed by atoms with Gasteiger partial charge >= 0.3 is 5.97 Å². The minimum Gasteiger partial charge on any atom is -0.479 e. The molecular formula is C14H18O3. The summed E-state index contributed by atoms with van der Waals surface area (Å²) in [5, 5.41) is 18.8. The first-order chi connectivity index (χ1) is 7.88. The summed E-state index contributed by atoms with van der Waals surface area (Å²) in [6, 6.07) is 4.10.